The van der Waals surface area contributed by atoms with Crippen LogP contribution >= 0.6 is 0 Å². The lowest BCUT2D eigenvalue weighted by Crippen LogP contribution is -2.35. The first-order valence-corrected chi connectivity index (χ1v) is 6.99. The lowest BCUT2D eigenvalue weighted by molar-refractivity contribution is 0.257. The summed E-state index contributed by atoms with van der Waals surface area (Å²) in [6.45, 7) is 3.36. The zero-order chi connectivity index (χ0) is 12.1. The number of hydrogen-bond donors (Lipinski definition) is 1. The topological polar surface area (TPSA) is 29.9 Å². The Balaban J connectivity index is 1.87. The van der Waals surface area contributed by atoms with Gasteiger partial charge in [0, 0.05) is 31.9 Å². The molecule has 2 rings (SSSR count). The molecule has 17 heavy (non-hydrogen) atoms. The summed E-state index contributed by atoms with van der Waals surface area (Å²) in [5.41, 5.74) is 0. The maximum absolute atomic E-state index is 4.44. The predicted molar refractivity (Wildman–Crippen MR) is 71.0 cm³/mol. The number of aryl methyl sites for hydroxylation is 1. The van der Waals surface area contributed by atoms with Crippen LogP contribution in [0.4, 0.5) is 0 Å². The monoisotopic (exact) mass is 235 g/mol. The second kappa shape index (κ2) is 6.20. The summed E-state index contributed by atoms with van der Waals surface area (Å²) in [4.78, 5) is 4.44. The normalized spacial score (nSPS) is 18.0. The Morgan fingerprint density at radius 1 is 1.53 bits per heavy atom. The molecule has 1 heterocycles. The lowest BCUT2D eigenvalue weighted by atomic mass is 9.80. The van der Waals surface area contributed by atoms with E-state index in [0.717, 1.165) is 18.9 Å². The van der Waals surface area contributed by atoms with E-state index >= 15 is 0 Å². The average molecular weight is 235 g/mol. The molecule has 0 bridgehead atoms. The van der Waals surface area contributed by atoms with E-state index in [1.165, 1.54) is 37.9 Å². The van der Waals surface area contributed by atoms with E-state index in [1.54, 1.807) is 0 Å². The molecule has 1 fully saturated rings. The molecule has 1 aromatic rings. The van der Waals surface area contributed by atoms with E-state index in [4.69, 9.17) is 0 Å². The Hall–Kier alpha value is -0.830. The summed E-state index contributed by atoms with van der Waals surface area (Å²) in [5.74, 6) is 2.17. The third kappa shape index (κ3) is 3.56. The van der Waals surface area contributed by atoms with Crippen molar-refractivity contribution < 1.29 is 0 Å². The number of rotatable bonds is 7. The molecule has 0 amide bonds. The minimum absolute atomic E-state index is 0.612. The highest BCUT2D eigenvalue weighted by Gasteiger charge is 2.22. The molecule has 0 spiro atoms. The van der Waals surface area contributed by atoms with Gasteiger partial charge < -0.3 is 9.88 Å². The van der Waals surface area contributed by atoms with Crippen LogP contribution in [0.2, 0.25) is 0 Å². The summed E-state index contributed by atoms with van der Waals surface area (Å²) < 4.78 is 2.14. The molecule has 1 unspecified atom stereocenters. The highest BCUT2D eigenvalue weighted by atomic mass is 15.0. The molecule has 3 heteroatoms. The molecule has 1 aliphatic rings. The summed E-state index contributed by atoms with van der Waals surface area (Å²) in [7, 11) is 2.09. The Morgan fingerprint density at radius 3 is 2.88 bits per heavy atom. The van der Waals surface area contributed by atoms with Gasteiger partial charge in [0.05, 0.1) is 0 Å². The van der Waals surface area contributed by atoms with Crippen LogP contribution in [0.5, 0.6) is 0 Å². The van der Waals surface area contributed by atoms with Crippen molar-refractivity contribution in [3.05, 3.63) is 18.2 Å². The molecule has 0 aliphatic heterocycles. The van der Waals surface area contributed by atoms with Crippen molar-refractivity contribution in [2.45, 2.75) is 51.5 Å². The number of imidazole rings is 1. The molecule has 1 N–H and O–H groups in total. The van der Waals surface area contributed by atoms with Gasteiger partial charge in [0.15, 0.2) is 0 Å². The van der Waals surface area contributed by atoms with Crippen LogP contribution < -0.4 is 5.32 Å². The van der Waals surface area contributed by atoms with Gasteiger partial charge in [-0.3, -0.25) is 0 Å². The Labute approximate surface area is 105 Å². The third-order valence-corrected chi connectivity index (χ3v) is 3.88. The number of nitrogens with zero attached hydrogens (tertiary/aromatic N) is 2. The maximum Gasteiger partial charge on any atom is 0.109 e. The molecule has 96 valence electrons. The van der Waals surface area contributed by atoms with Gasteiger partial charge in [0.1, 0.15) is 5.82 Å². The minimum Gasteiger partial charge on any atom is -0.338 e. The molecule has 0 aromatic carbocycles. The van der Waals surface area contributed by atoms with Crippen LogP contribution in [0.1, 0.15) is 44.9 Å². The number of aromatic nitrogens is 2. The first kappa shape index (κ1) is 12.6. The predicted octanol–water partition coefficient (Wildman–Crippen LogP) is 2.52. The molecule has 1 saturated carbocycles. The fourth-order valence-corrected chi connectivity index (χ4v) is 2.53. The molecular weight excluding hydrogens is 210 g/mol. The lowest BCUT2D eigenvalue weighted by Gasteiger charge is -2.30. The third-order valence-electron chi connectivity index (χ3n) is 3.88. The van der Waals surface area contributed by atoms with Crippen molar-refractivity contribution in [3.8, 4) is 0 Å². The van der Waals surface area contributed by atoms with Crippen molar-refractivity contribution in [1.82, 2.24) is 14.9 Å². The molecule has 0 radical (unpaired) electrons. The molecular formula is C14H25N3. The Kier molecular flexibility index (Phi) is 4.60. The Morgan fingerprint density at radius 2 is 2.35 bits per heavy atom. The first-order chi connectivity index (χ1) is 8.29. The van der Waals surface area contributed by atoms with Gasteiger partial charge in [-0.1, -0.05) is 26.2 Å². The van der Waals surface area contributed by atoms with Gasteiger partial charge in [0.25, 0.3) is 0 Å². The van der Waals surface area contributed by atoms with E-state index < -0.39 is 0 Å². The van der Waals surface area contributed by atoms with Gasteiger partial charge in [-0.2, -0.15) is 0 Å². The van der Waals surface area contributed by atoms with E-state index in [9.17, 15) is 0 Å². The van der Waals surface area contributed by atoms with Gasteiger partial charge in [-0.25, -0.2) is 4.98 Å². The van der Waals surface area contributed by atoms with Crippen LogP contribution in [0.3, 0.4) is 0 Å². The minimum atomic E-state index is 0.612. The fourth-order valence-electron chi connectivity index (χ4n) is 2.53. The van der Waals surface area contributed by atoms with Crippen LogP contribution in [-0.2, 0) is 13.5 Å². The van der Waals surface area contributed by atoms with Gasteiger partial charge in [-0.05, 0) is 25.3 Å². The number of hydrogen-bond acceptors (Lipinski definition) is 2. The largest absolute Gasteiger partial charge is 0.338 e. The van der Waals surface area contributed by atoms with Gasteiger partial charge in [-0.15, -0.1) is 0 Å². The molecule has 1 atom stereocenters. The highest BCUT2D eigenvalue weighted by molar-refractivity contribution is 4.95. The second-order valence-electron chi connectivity index (χ2n) is 5.34. The standard InChI is InChI=1S/C14H25N3/c1-3-7-15-13(10-12-5-4-6-12)11-14-16-8-9-17(14)2/h8-9,12-13,15H,3-7,10-11H2,1-2H3. The first-order valence-electron chi connectivity index (χ1n) is 6.99. The van der Waals surface area contributed by atoms with E-state index in [-0.39, 0.29) is 0 Å². The second-order valence-corrected chi connectivity index (χ2v) is 5.34. The van der Waals surface area contributed by atoms with Gasteiger partial charge >= 0.3 is 0 Å². The van der Waals surface area contributed by atoms with Crippen molar-refractivity contribution >= 4 is 0 Å². The molecule has 1 aliphatic carbocycles. The fraction of sp³-hybridized carbons (Fsp3) is 0.786. The van der Waals surface area contributed by atoms with Crippen LogP contribution in [0.15, 0.2) is 12.4 Å². The zero-order valence-electron chi connectivity index (χ0n) is 11.2. The summed E-state index contributed by atoms with van der Waals surface area (Å²) in [5, 5.41) is 3.68. The highest BCUT2D eigenvalue weighted by Crippen LogP contribution is 2.31. The number of nitrogens with one attached hydrogen (secondary N) is 1. The van der Waals surface area contributed by atoms with Crippen LogP contribution in [0.25, 0.3) is 0 Å². The Bertz CT molecular complexity index is 328. The molecule has 3 nitrogen and oxygen atoms in total. The zero-order valence-corrected chi connectivity index (χ0v) is 11.2. The van der Waals surface area contributed by atoms with E-state index in [2.05, 4.69) is 28.8 Å². The smallest absolute Gasteiger partial charge is 0.109 e. The average Bonchev–Trinajstić information content (AvgIpc) is 2.65. The van der Waals surface area contributed by atoms with Crippen molar-refractivity contribution in [2.24, 2.45) is 13.0 Å². The van der Waals surface area contributed by atoms with Crippen molar-refractivity contribution in [3.63, 3.8) is 0 Å². The quantitative estimate of drug-likeness (QED) is 0.787. The van der Waals surface area contributed by atoms with Gasteiger partial charge in [0.2, 0.25) is 0 Å². The van der Waals surface area contributed by atoms with Crippen molar-refractivity contribution in [1.29, 1.82) is 0 Å². The van der Waals surface area contributed by atoms with Crippen LogP contribution in [-0.4, -0.2) is 22.1 Å². The summed E-state index contributed by atoms with van der Waals surface area (Å²) in [6, 6.07) is 0.612. The SMILES string of the molecule is CCCNC(Cc1nccn1C)CC1CCC1. The summed E-state index contributed by atoms with van der Waals surface area (Å²) in [6.07, 6.45) is 11.9. The summed E-state index contributed by atoms with van der Waals surface area (Å²) >= 11 is 0. The van der Waals surface area contributed by atoms with E-state index in [0.29, 0.717) is 6.04 Å². The molecule has 1 aromatic heterocycles. The molecule has 0 saturated heterocycles. The van der Waals surface area contributed by atoms with Crippen molar-refractivity contribution in [2.75, 3.05) is 6.54 Å². The van der Waals surface area contributed by atoms with E-state index in [1.807, 2.05) is 12.4 Å². The van der Waals surface area contributed by atoms with Crippen LogP contribution in [0, 0.1) is 5.92 Å². The maximum atomic E-state index is 4.44.